The first kappa shape index (κ1) is 18.5. The fourth-order valence-corrected chi connectivity index (χ4v) is 4.96. The van der Waals surface area contributed by atoms with Crippen molar-refractivity contribution in [3.63, 3.8) is 0 Å². The number of nitrogens with one attached hydrogen (secondary N) is 1. The summed E-state index contributed by atoms with van der Waals surface area (Å²) in [6.45, 7) is 0.248. The first-order valence-electron chi connectivity index (χ1n) is 8.72. The number of nitrogens with zero attached hydrogens (tertiary/aromatic N) is 2. The largest absolute Gasteiger partial charge is 0.497 e. The van der Waals surface area contributed by atoms with Crippen molar-refractivity contribution in [3.05, 3.63) is 59.7 Å². The van der Waals surface area contributed by atoms with Crippen molar-refractivity contribution in [3.8, 4) is 5.75 Å². The Bertz CT molecular complexity index is 1050. The third-order valence-electron chi connectivity index (χ3n) is 5.03. The highest BCUT2D eigenvalue weighted by atomic mass is 32.2. The first-order valence-corrected chi connectivity index (χ1v) is 10.2. The molecule has 0 saturated carbocycles. The maximum absolute atomic E-state index is 13.3. The van der Waals surface area contributed by atoms with Crippen LogP contribution in [0.15, 0.2) is 53.4 Å². The molecule has 8 nitrogen and oxygen atoms in total. The first-order chi connectivity index (χ1) is 13.4. The monoisotopic (exact) mass is 401 g/mol. The van der Waals surface area contributed by atoms with E-state index in [2.05, 4.69) is 5.32 Å². The number of imide groups is 1. The molecule has 2 aliphatic heterocycles. The number of ether oxygens (including phenoxy) is 1. The molecular weight excluding hydrogens is 382 g/mol. The van der Waals surface area contributed by atoms with Crippen LogP contribution in [0.1, 0.15) is 11.1 Å². The molecule has 28 heavy (non-hydrogen) atoms. The summed E-state index contributed by atoms with van der Waals surface area (Å²) < 4.78 is 33.1. The number of rotatable bonds is 3. The molecule has 1 atom stereocenters. The third kappa shape index (κ3) is 3.12. The number of amides is 3. The second-order valence-electron chi connectivity index (χ2n) is 6.68. The van der Waals surface area contributed by atoms with Crippen LogP contribution in [0.3, 0.4) is 0 Å². The Morgan fingerprint density at radius 1 is 1.04 bits per heavy atom. The van der Waals surface area contributed by atoms with Gasteiger partial charge >= 0.3 is 6.03 Å². The zero-order valence-corrected chi connectivity index (χ0v) is 16.0. The molecule has 0 bridgehead atoms. The van der Waals surface area contributed by atoms with Crippen LogP contribution in [-0.4, -0.2) is 49.3 Å². The summed E-state index contributed by atoms with van der Waals surface area (Å²) in [5, 5.41) is 2.28. The summed E-state index contributed by atoms with van der Waals surface area (Å²) in [5.41, 5.74) is 1.60. The van der Waals surface area contributed by atoms with E-state index >= 15 is 0 Å². The zero-order chi connectivity index (χ0) is 19.9. The van der Waals surface area contributed by atoms with Gasteiger partial charge in [-0.05, 0) is 23.3 Å². The van der Waals surface area contributed by atoms with Gasteiger partial charge in [-0.1, -0.05) is 30.3 Å². The molecule has 2 aromatic rings. The van der Waals surface area contributed by atoms with E-state index in [1.54, 1.807) is 12.1 Å². The lowest BCUT2D eigenvalue weighted by Gasteiger charge is -2.32. The predicted molar refractivity (Wildman–Crippen MR) is 99.9 cm³/mol. The standard InChI is InChI=1S/C19H19N3O5S/c1-27-15-7-4-8-16(9-15)28(25,26)21-10-13-5-2-3-6-14(13)11-22-17(12-21)18(23)20-19(22)24/h2-9,17H,10-12H2,1H3,(H,20,23,24). The minimum Gasteiger partial charge on any atom is -0.497 e. The molecule has 0 radical (unpaired) electrons. The lowest BCUT2D eigenvalue weighted by Crippen LogP contribution is -2.47. The van der Waals surface area contributed by atoms with E-state index in [4.69, 9.17) is 4.74 Å². The van der Waals surface area contributed by atoms with E-state index in [9.17, 15) is 18.0 Å². The number of methoxy groups -OCH3 is 1. The van der Waals surface area contributed by atoms with E-state index < -0.39 is 28.0 Å². The van der Waals surface area contributed by atoms with Crippen LogP contribution >= 0.6 is 0 Å². The molecule has 2 aromatic carbocycles. The summed E-state index contributed by atoms with van der Waals surface area (Å²) >= 11 is 0. The highest BCUT2D eigenvalue weighted by Gasteiger charge is 2.43. The molecule has 0 spiro atoms. The smallest absolute Gasteiger partial charge is 0.325 e. The van der Waals surface area contributed by atoms with Gasteiger partial charge in [-0.2, -0.15) is 4.31 Å². The Hall–Kier alpha value is -2.91. The normalized spacial score (nSPS) is 20.0. The fourth-order valence-electron chi connectivity index (χ4n) is 3.50. The summed E-state index contributed by atoms with van der Waals surface area (Å²) in [7, 11) is -2.46. The van der Waals surface area contributed by atoms with Gasteiger partial charge in [-0.15, -0.1) is 0 Å². The molecule has 3 amide bonds. The number of benzene rings is 2. The van der Waals surface area contributed by atoms with Crippen LogP contribution in [0.25, 0.3) is 0 Å². The molecule has 2 aliphatic rings. The number of carbonyl (C=O) groups excluding carboxylic acids is 2. The second-order valence-corrected chi connectivity index (χ2v) is 8.62. The topological polar surface area (TPSA) is 96.0 Å². The molecule has 0 aromatic heterocycles. The highest BCUT2D eigenvalue weighted by molar-refractivity contribution is 7.89. The summed E-state index contributed by atoms with van der Waals surface area (Å²) in [5.74, 6) is -0.0702. The SMILES string of the molecule is COc1cccc(S(=O)(=O)N2Cc3ccccc3CN3C(=O)NC(=O)C3C2)c1. The van der Waals surface area contributed by atoms with Gasteiger partial charge in [0.25, 0.3) is 5.91 Å². The van der Waals surface area contributed by atoms with E-state index in [1.165, 1.54) is 28.4 Å². The predicted octanol–water partition coefficient (Wildman–Crippen LogP) is 1.32. The molecule has 1 saturated heterocycles. The van der Waals surface area contributed by atoms with Crippen LogP contribution in [-0.2, 0) is 27.9 Å². The molecule has 146 valence electrons. The number of hydrogen-bond acceptors (Lipinski definition) is 5. The van der Waals surface area contributed by atoms with E-state index in [-0.39, 0.29) is 24.5 Å². The number of urea groups is 1. The van der Waals surface area contributed by atoms with Crippen molar-refractivity contribution >= 4 is 22.0 Å². The second kappa shape index (κ2) is 6.92. The lowest BCUT2D eigenvalue weighted by atomic mass is 10.0. The summed E-state index contributed by atoms with van der Waals surface area (Å²) in [6.07, 6.45) is 0. The van der Waals surface area contributed by atoms with E-state index in [0.717, 1.165) is 11.1 Å². The lowest BCUT2D eigenvalue weighted by molar-refractivity contribution is -0.121. The maximum atomic E-state index is 13.3. The Morgan fingerprint density at radius 2 is 1.75 bits per heavy atom. The van der Waals surface area contributed by atoms with Crippen LogP contribution in [0.2, 0.25) is 0 Å². The van der Waals surface area contributed by atoms with Crippen molar-refractivity contribution in [2.24, 2.45) is 0 Å². The van der Waals surface area contributed by atoms with Gasteiger partial charge in [0.05, 0.1) is 12.0 Å². The molecule has 9 heteroatoms. The zero-order valence-electron chi connectivity index (χ0n) is 15.2. The number of fused-ring (bicyclic) bond motifs is 2. The third-order valence-corrected chi connectivity index (χ3v) is 6.84. The molecule has 2 heterocycles. The van der Waals surface area contributed by atoms with Gasteiger partial charge in [0.15, 0.2) is 0 Å². The Morgan fingerprint density at radius 3 is 2.46 bits per heavy atom. The number of hydrogen-bond donors (Lipinski definition) is 1. The van der Waals surface area contributed by atoms with Crippen molar-refractivity contribution in [1.82, 2.24) is 14.5 Å². The minimum absolute atomic E-state index is 0.0705. The molecule has 1 N–H and O–H groups in total. The van der Waals surface area contributed by atoms with Gasteiger partial charge < -0.3 is 9.64 Å². The van der Waals surface area contributed by atoms with Gasteiger partial charge in [0.2, 0.25) is 10.0 Å². The van der Waals surface area contributed by atoms with Gasteiger partial charge in [-0.3, -0.25) is 10.1 Å². The van der Waals surface area contributed by atoms with Crippen molar-refractivity contribution in [2.75, 3.05) is 13.7 Å². The summed E-state index contributed by atoms with van der Waals surface area (Å²) in [6, 6.07) is 12.1. The molecule has 4 rings (SSSR count). The molecule has 0 aliphatic carbocycles. The maximum Gasteiger partial charge on any atom is 0.325 e. The quantitative estimate of drug-likeness (QED) is 0.783. The molecular formula is C19H19N3O5S. The average Bonchev–Trinajstić information content (AvgIpc) is 2.92. The Labute approximate surface area is 162 Å². The van der Waals surface area contributed by atoms with Crippen LogP contribution in [0.4, 0.5) is 4.79 Å². The Kier molecular flexibility index (Phi) is 4.56. The Balaban J connectivity index is 1.79. The van der Waals surface area contributed by atoms with Crippen molar-refractivity contribution in [1.29, 1.82) is 0 Å². The van der Waals surface area contributed by atoms with Gasteiger partial charge in [0, 0.05) is 25.7 Å². The van der Waals surface area contributed by atoms with Crippen LogP contribution in [0, 0.1) is 0 Å². The van der Waals surface area contributed by atoms with E-state index in [0.29, 0.717) is 5.75 Å². The van der Waals surface area contributed by atoms with Gasteiger partial charge in [0.1, 0.15) is 11.8 Å². The molecule has 1 fully saturated rings. The summed E-state index contributed by atoms with van der Waals surface area (Å²) in [4.78, 5) is 26.0. The average molecular weight is 401 g/mol. The van der Waals surface area contributed by atoms with E-state index in [1.807, 2.05) is 24.3 Å². The van der Waals surface area contributed by atoms with Crippen LogP contribution < -0.4 is 10.1 Å². The minimum atomic E-state index is -3.92. The van der Waals surface area contributed by atoms with Gasteiger partial charge in [-0.25, -0.2) is 13.2 Å². The van der Waals surface area contributed by atoms with Crippen molar-refractivity contribution < 1.29 is 22.7 Å². The fraction of sp³-hybridized carbons (Fsp3) is 0.263. The van der Waals surface area contributed by atoms with Crippen molar-refractivity contribution in [2.45, 2.75) is 24.0 Å². The van der Waals surface area contributed by atoms with Crippen LogP contribution in [0.5, 0.6) is 5.75 Å². The number of sulfonamides is 1. The molecule has 1 unspecified atom stereocenters. The number of carbonyl (C=O) groups is 2. The highest BCUT2D eigenvalue weighted by Crippen LogP contribution is 2.28.